The van der Waals surface area contributed by atoms with E-state index >= 15 is 0 Å². The Balaban J connectivity index is 1.81. The van der Waals surface area contributed by atoms with Crippen LogP contribution in [0, 0.1) is 5.92 Å². The van der Waals surface area contributed by atoms with Gasteiger partial charge in [0.15, 0.2) is 0 Å². The van der Waals surface area contributed by atoms with Gasteiger partial charge in [0.25, 0.3) is 0 Å². The average molecular weight is 347 g/mol. The SMILES string of the molecule is O=C1CC(CCCCCCCCCCCCBr)C(=O)O1. The van der Waals surface area contributed by atoms with Crippen LogP contribution >= 0.6 is 15.9 Å². The molecule has 1 heterocycles. The number of esters is 2. The Morgan fingerprint density at radius 3 is 1.80 bits per heavy atom. The highest BCUT2D eigenvalue weighted by Gasteiger charge is 2.32. The molecule has 0 N–H and O–H groups in total. The van der Waals surface area contributed by atoms with Gasteiger partial charge in [-0.2, -0.15) is 0 Å². The average Bonchev–Trinajstić information content (AvgIpc) is 2.74. The van der Waals surface area contributed by atoms with Crippen molar-refractivity contribution in [3.05, 3.63) is 0 Å². The summed E-state index contributed by atoms with van der Waals surface area (Å²) >= 11 is 3.45. The van der Waals surface area contributed by atoms with E-state index in [2.05, 4.69) is 20.7 Å². The molecule has 1 atom stereocenters. The first-order valence-electron chi connectivity index (χ1n) is 8.04. The summed E-state index contributed by atoms with van der Waals surface area (Å²) in [4.78, 5) is 22.2. The molecule has 0 saturated carbocycles. The van der Waals surface area contributed by atoms with Gasteiger partial charge in [-0.3, -0.25) is 9.59 Å². The number of ether oxygens (including phenoxy) is 1. The first kappa shape index (κ1) is 17.7. The molecule has 0 radical (unpaired) electrons. The Kier molecular flexibility index (Phi) is 9.98. The van der Waals surface area contributed by atoms with Crippen LogP contribution in [-0.4, -0.2) is 17.3 Å². The van der Waals surface area contributed by atoms with Crippen molar-refractivity contribution in [2.45, 2.75) is 77.0 Å². The van der Waals surface area contributed by atoms with Crippen LogP contribution in [-0.2, 0) is 14.3 Å². The molecule has 1 aliphatic heterocycles. The molecule has 0 aromatic rings. The molecule has 0 bridgehead atoms. The highest BCUT2D eigenvalue weighted by Crippen LogP contribution is 2.22. The Morgan fingerprint density at radius 2 is 1.35 bits per heavy atom. The zero-order valence-electron chi connectivity index (χ0n) is 12.4. The molecular formula is C16H27BrO3. The Labute approximate surface area is 131 Å². The fourth-order valence-electron chi connectivity index (χ4n) is 2.64. The predicted octanol–water partition coefficient (Wildman–Crippen LogP) is 4.76. The van der Waals surface area contributed by atoms with Gasteiger partial charge in [-0.15, -0.1) is 0 Å². The topological polar surface area (TPSA) is 43.4 Å². The zero-order valence-corrected chi connectivity index (χ0v) is 14.0. The first-order chi connectivity index (χ1) is 9.74. The maximum Gasteiger partial charge on any atom is 0.317 e. The maximum absolute atomic E-state index is 11.3. The monoisotopic (exact) mass is 346 g/mol. The first-order valence-corrected chi connectivity index (χ1v) is 9.16. The predicted molar refractivity (Wildman–Crippen MR) is 83.8 cm³/mol. The van der Waals surface area contributed by atoms with Crippen LogP contribution in [0.5, 0.6) is 0 Å². The fraction of sp³-hybridized carbons (Fsp3) is 0.875. The van der Waals surface area contributed by atoms with E-state index in [0.717, 1.165) is 18.2 Å². The summed E-state index contributed by atoms with van der Waals surface area (Å²) < 4.78 is 4.54. The van der Waals surface area contributed by atoms with Gasteiger partial charge in [0.05, 0.1) is 12.3 Å². The standard InChI is InChI=1S/C16H27BrO3/c17-12-10-8-6-4-2-1-3-5-7-9-11-14-13-15(18)20-16(14)19/h14H,1-13H2. The lowest BCUT2D eigenvalue weighted by atomic mass is 9.99. The molecule has 1 saturated heterocycles. The number of hydrogen-bond donors (Lipinski definition) is 0. The van der Waals surface area contributed by atoms with Crippen LogP contribution in [0.3, 0.4) is 0 Å². The quantitative estimate of drug-likeness (QED) is 0.221. The third-order valence-electron chi connectivity index (χ3n) is 3.90. The van der Waals surface area contributed by atoms with Crippen molar-refractivity contribution in [1.29, 1.82) is 0 Å². The molecule has 3 nitrogen and oxygen atoms in total. The van der Waals surface area contributed by atoms with E-state index in [4.69, 9.17) is 0 Å². The van der Waals surface area contributed by atoms with Crippen molar-refractivity contribution < 1.29 is 14.3 Å². The smallest absolute Gasteiger partial charge is 0.317 e. The second-order valence-electron chi connectivity index (χ2n) is 5.71. The van der Waals surface area contributed by atoms with Crippen molar-refractivity contribution >= 4 is 27.9 Å². The van der Waals surface area contributed by atoms with E-state index in [-0.39, 0.29) is 17.9 Å². The highest BCUT2D eigenvalue weighted by molar-refractivity contribution is 9.09. The molecule has 116 valence electrons. The summed E-state index contributed by atoms with van der Waals surface area (Å²) in [5, 5.41) is 1.13. The normalized spacial score (nSPS) is 18.6. The minimum absolute atomic E-state index is 0.156. The van der Waals surface area contributed by atoms with Gasteiger partial charge >= 0.3 is 11.9 Å². The Hall–Kier alpha value is -0.380. The summed E-state index contributed by atoms with van der Waals surface area (Å²) in [5.74, 6) is -0.810. The fourth-order valence-corrected chi connectivity index (χ4v) is 3.04. The number of hydrogen-bond acceptors (Lipinski definition) is 3. The van der Waals surface area contributed by atoms with Gasteiger partial charge in [-0.05, 0) is 12.8 Å². The summed E-state index contributed by atoms with van der Waals surface area (Å²) in [6.07, 6.45) is 13.9. The zero-order chi connectivity index (χ0) is 14.6. The van der Waals surface area contributed by atoms with Crippen molar-refractivity contribution in [3.63, 3.8) is 0 Å². The van der Waals surface area contributed by atoms with E-state index < -0.39 is 0 Å². The van der Waals surface area contributed by atoms with E-state index in [9.17, 15) is 9.59 Å². The summed E-state index contributed by atoms with van der Waals surface area (Å²) in [7, 11) is 0. The number of unbranched alkanes of at least 4 members (excludes halogenated alkanes) is 9. The van der Waals surface area contributed by atoms with Crippen LogP contribution in [0.1, 0.15) is 77.0 Å². The molecule has 1 rings (SSSR count). The maximum atomic E-state index is 11.3. The van der Waals surface area contributed by atoms with Gasteiger partial charge in [0.1, 0.15) is 0 Å². The molecule has 0 aliphatic carbocycles. The minimum Gasteiger partial charge on any atom is -0.393 e. The molecule has 0 aromatic heterocycles. The van der Waals surface area contributed by atoms with Gasteiger partial charge in [0.2, 0.25) is 0 Å². The lowest BCUT2D eigenvalue weighted by Gasteiger charge is -2.04. The Morgan fingerprint density at radius 1 is 0.850 bits per heavy atom. The number of rotatable bonds is 12. The van der Waals surface area contributed by atoms with E-state index in [1.807, 2.05) is 0 Å². The van der Waals surface area contributed by atoms with Crippen LogP contribution in [0.25, 0.3) is 0 Å². The molecule has 4 heteroatoms. The second-order valence-corrected chi connectivity index (χ2v) is 6.50. The van der Waals surface area contributed by atoms with Gasteiger partial charge < -0.3 is 4.74 Å². The summed E-state index contributed by atoms with van der Waals surface area (Å²) in [6, 6.07) is 0. The van der Waals surface area contributed by atoms with Gasteiger partial charge in [0, 0.05) is 5.33 Å². The Bertz CT molecular complexity index is 291. The lowest BCUT2D eigenvalue weighted by Crippen LogP contribution is -2.06. The van der Waals surface area contributed by atoms with Crippen LogP contribution < -0.4 is 0 Å². The van der Waals surface area contributed by atoms with Crippen molar-refractivity contribution in [1.82, 2.24) is 0 Å². The molecule has 1 fully saturated rings. The molecule has 1 aliphatic rings. The molecule has 0 amide bonds. The summed E-state index contributed by atoms with van der Waals surface area (Å²) in [6.45, 7) is 0. The molecular weight excluding hydrogens is 320 g/mol. The largest absolute Gasteiger partial charge is 0.393 e. The molecule has 0 aromatic carbocycles. The van der Waals surface area contributed by atoms with Crippen LogP contribution in [0.4, 0.5) is 0 Å². The number of cyclic esters (lactones) is 2. The summed E-state index contributed by atoms with van der Waals surface area (Å²) in [5.41, 5.74) is 0. The van der Waals surface area contributed by atoms with Crippen LogP contribution in [0.15, 0.2) is 0 Å². The van der Waals surface area contributed by atoms with Gasteiger partial charge in [-0.1, -0.05) is 73.7 Å². The second kappa shape index (κ2) is 11.3. The van der Waals surface area contributed by atoms with E-state index in [0.29, 0.717) is 6.42 Å². The number of alkyl halides is 1. The van der Waals surface area contributed by atoms with Crippen molar-refractivity contribution in [2.75, 3.05) is 5.33 Å². The highest BCUT2D eigenvalue weighted by atomic mass is 79.9. The number of halogens is 1. The van der Waals surface area contributed by atoms with Gasteiger partial charge in [-0.25, -0.2) is 0 Å². The van der Waals surface area contributed by atoms with Crippen molar-refractivity contribution in [3.8, 4) is 0 Å². The lowest BCUT2D eigenvalue weighted by molar-refractivity contribution is -0.153. The molecule has 0 spiro atoms. The van der Waals surface area contributed by atoms with E-state index in [1.54, 1.807) is 0 Å². The van der Waals surface area contributed by atoms with Crippen molar-refractivity contribution in [2.24, 2.45) is 5.92 Å². The third-order valence-corrected chi connectivity index (χ3v) is 4.46. The number of carbonyl (C=O) groups is 2. The minimum atomic E-state index is -0.347. The van der Waals surface area contributed by atoms with Crippen LogP contribution in [0.2, 0.25) is 0 Å². The molecule has 20 heavy (non-hydrogen) atoms. The molecule has 1 unspecified atom stereocenters. The number of carbonyl (C=O) groups excluding carboxylic acids is 2. The third kappa shape index (κ3) is 8.03. The van der Waals surface area contributed by atoms with E-state index in [1.165, 1.54) is 57.8 Å².